The van der Waals surface area contributed by atoms with Crippen LogP contribution in [0.5, 0.6) is 0 Å². The highest BCUT2D eigenvalue weighted by Crippen LogP contribution is 2.19. The summed E-state index contributed by atoms with van der Waals surface area (Å²) in [7, 11) is 2.95. The van der Waals surface area contributed by atoms with Crippen molar-refractivity contribution in [2.45, 2.75) is 63.5 Å². The zero-order valence-corrected chi connectivity index (χ0v) is 12.4. The lowest BCUT2D eigenvalue weighted by Gasteiger charge is -2.30. The summed E-state index contributed by atoms with van der Waals surface area (Å²) in [5, 5.41) is 2.31. The highest BCUT2D eigenvalue weighted by atomic mass is 16.8. The van der Waals surface area contributed by atoms with E-state index < -0.39 is 0 Å². The Kier molecular flexibility index (Phi) is 6.03. The Morgan fingerprint density at radius 1 is 0.850 bits per heavy atom. The lowest BCUT2D eigenvalue weighted by atomic mass is 10.3. The third-order valence-corrected chi connectivity index (χ3v) is 4.02. The van der Waals surface area contributed by atoms with Crippen molar-refractivity contribution in [3.05, 3.63) is 0 Å². The first-order chi connectivity index (χ1) is 9.74. The van der Waals surface area contributed by atoms with Crippen LogP contribution in [0.1, 0.15) is 51.4 Å². The average Bonchev–Trinajstić information content (AvgIpc) is 3.14. The fourth-order valence-electron chi connectivity index (χ4n) is 2.90. The van der Waals surface area contributed by atoms with Gasteiger partial charge >= 0.3 is 6.03 Å². The Bertz CT molecular complexity index is 276. The Labute approximate surface area is 120 Å². The number of carbonyl (C=O) groups is 1. The van der Waals surface area contributed by atoms with Crippen molar-refractivity contribution in [2.75, 3.05) is 14.2 Å². The SMILES string of the molecule is CON(NC1CCCC1)C(=O)N(NC1CCCC1)OC. The number of nitrogens with one attached hydrogen (secondary N) is 2. The van der Waals surface area contributed by atoms with E-state index in [4.69, 9.17) is 9.68 Å². The van der Waals surface area contributed by atoms with Crippen molar-refractivity contribution in [1.82, 2.24) is 21.2 Å². The van der Waals surface area contributed by atoms with Crippen molar-refractivity contribution in [2.24, 2.45) is 0 Å². The van der Waals surface area contributed by atoms with Gasteiger partial charge in [-0.1, -0.05) is 25.7 Å². The third-order valence-electron chi connectivity index (χ3n) is 4.02. The Morgan fingerprint density at radius 2 is 1.20 bits per heavy atom. The van der Waals surface area contributed by atoms with Crippen molar-refractivity contribution in [3.63, 3.8) is 0 Å². The summed E-state index contributed by atoms with van der Waals surface area (Å²) in [5.41, 5.74) is 6.21. The fraction of sp³-hybridized carbons (Fsp3) is 0.923. The number of hydrogen-bond acceptors (Lipinski definition) is 5. The van der Waals surface area contributed by atoms with Gasteiger partial charge in [0.15, 0.2) is 0 Å². The van der Waals surface area contributed by atoms with Gasteiger partial charge in [0.05, 0.1) is 14.2 Å². The maximum atomic E-state index is 12.4. The van der Waals surface area contributed by atoms with Crippen LogP contribution in [0.2, 0.25) is 0 Å². The molecule has 2 N–H and O–H groups in total. The van der Waals surface area contributed by atoms with Gasteiger partial charge in [0, 0.05) is 12.1 Å². The zero-order valence-electron chi connectivity index (χ0n) is 12.4. The van der Waals surface area contributed by atoms with E-state index in [-0.39, 0.29) is 6.03 Å². The van der Waals surface area contributed by atoms with Gasteiger partial charge < -0.3 is 0 Å². The van der Waals surface area contributed by atoms with Crippen molar-refractivity contribution in [3.8, 4) is 0 Å². The van der Waals surface area contributed by atoms with E-state index in [0.717, 1.165) is 36.0 Å². The molecule has 0 atom stereocenters. The third kappa shape index (κ3) is 4.05. The van der Waals surface area contributed by atoms with E-state index in [1.54, 1.807) is 0 Å². The van der Waals surface area contributed by atoms with Crippen LogP contribution in [0.25, 0.3) is 0 Å². The maximum Gasteiger partial charge on any atom is 0.398 e. The van der Waals surface area contributed by atoms with E-state index in [9.17, 15) is 4.79 Å². The summed E-state index contributed by atoms with van der Waals surface area (Å²) >= 11 is 0. The summed E-state index contributed by atoms with van der Waals surface area (Å²) in [6.45, 7) is 0. The smallest absolute Gasteiger partial charge is 0.257 e. The number of nitrogens with zero attached hydrogens (tertiary/aromatic N) is 2. The average molecular weight is 286 g/mol. The number of hydroxylamine groups is 2. The van der Waals surface area contributed by atoms with Gasteiger partial charge in [-0.05, 0) is 25.7 Å². The van der Waals surface area contributed by atoms with E-state index >= 15 is 0 Å². The molecule has 2 saturated carbocycles. The number of urea groups is 1. The number of hydrazine groups is 2. The Morgan fingerprint density at radius 3 is 1.50 bits per heavy atom. The molecular formula is C13H26N4O3. The molecule has 2 rings (SSSR count). The summed E-state index contributed by atoms with van der Waals surface area (Å²) in [4.78, 5) is 22.6. The van der Waals surface area contributed by atoms with Gasteiger partial charge in [-0.15, -0.1) is 10.3 Å². The number of rotatable bonds is 6. The Hall–Kier alpha value is -0.890. The van der Waals surface area contributed by atoms with Crippen LogP contribution < -0.4 is 10.9 Å². The normalized spacial score (nSPS) is 20.5. The molecule has 20 heavy (non-hydrogen) atoms. The minimum atomic E-state index is -0.381. The topological polar surface area (TPSA) is 66.1 Å². The molecule has 116 valence electrons. The highest BCUT2D eigenvalue weighted by molar-refractivity contribution is 5.71. The van der Waals surface area contributed by atoms with Gasteiger partial charge in [-0.2, -0.15) is 0 Å². The van der Waals surface area contributed by atoms with Gasteiger partial charge in [0.1, 0.15) is 0 Å². The fourth-order valence-corrected chi connectivity index (χ4v) is 2.90. The molecule has 2 fully saturated rings. The van der Waals surface area contributed by atoms with Crippen LogP contribution in [0.3, 0.4) is 0 Å². The molecule has 2 aliphatic carbocycles. The molecule has 0 saturated heterocycles. The number of carbonyl (C=O) groups excluding carboxylic acids is 1. The predicted molar refractivity (Wildman–Crippen MR) is 73.9 cm³/mol. The monoisotopic (exact) mass is 286 g/mol. The lowest BCUT2D eigenvalue weighted by Crippen LogP contribution is -2.57. The summed E-state index contributed by atoms with van der Waals surface area (Å²) in [6, 6.07) is 0.210. The first kappa shape index (κ1) is 15.5. The second-order valence-corrected chi connectivity index (χ2v) is 5.46. The van der Waals surface area contributed by atoms with Crippen LogP contribution in [-0.4, -0.2) is 42.7 Å². The summed E-state index contributed by atoms with van der Waals surface area (Å²) in [5.74, 6) is 0. The molecular weight excluding hydrogens is 260 g/mol. The molecule has 2 aliphatic rings. The summed E-state index contributed by atoms with van der Waals surface area (Å²) in [6.07, 6.45) is 9.03. The van der Waals surface area contributed by atoms with E-state index in [1.165, 1.54) is 39.9 Å². The quantitative estimate of drug-likeness (QED) is 0.728. The second-order valence-electron chi connectivity index (χ2n) is 5.46. The van der Waals surface area contributed by atoms with Crippen LogP contribution in [0, 0.1) is 0 Å². The first-order valence-electron chi connectivity index (χ1n) is 7.49. The van der Waals surface area contributed by atoms with Crippen LogP contribution in [0.4, 0.5) is 4.79 Å². The summed E-state index contributed by atoms with van der Waals surface area (Å²) < 4.78 is 0. The minimum Gasteiger partial charge on any atom is -0.257 e. The van der Waals surface area contributed by atoms with Crippen molar-refractivity contribution >= 4 is 6.03 Å². The van der Waals surface area contributed by atoms with E-state index in [1.807, 2.05) is 0 Å². The number of amides is 2. The number of hydrogen-bond donors (Lipinski definition) is 2. The largest absolute Gasteiger partial charge is 0.398 e. The Balaban J connectivity index is 1.86. The molecule has 0 heterocycles. The maximum absolute atomic E-state index is 12.4. The molecule has 0 aliphatic heterocycles. The lowest BCUT2D eigenvalue weighted by molar-refractivity contribution is -0.200. The van der Waals surface area contributed by atoms with Crippen LogP contribution >= 0.6 is 0 Å². The first-order valence-corrected chi connectivity index (χ1v) is 7.49. The molecule has 0 spiro atoms. The van der Waals surface area contributed by atoms with Crippen molar-refractivity contribution < 1.29 is 14.5 Å². The van der Waals surface area contributed by atoms with Gasteiger partial charge in [-0.3, -0.25) is 9.68 Å². The van der Waals surface area contributed by atoms with Crippen LogP contribution in [0.15, 0.2) is 0 Å². The van der Waals surface area contributed by atoms with Gasteiger partial charge in [0.25, 0.3) is 0 Å². The highest BCUT2D eigenvalue weighted by Gasteiger charge is 2.28. The minimum absolute atomic E-state index is 0.295. The van der Waals surface area contributed by atoms with E-state index in [0.29, 0.717) is 12.1 Å². The molecule has 0 bridgehead atoms. The molecule has 0 radical (unpaired) electrons. The molecule has 0 aromatic rings. The molecule has 0 unspecified atom stereocenters. The van der Waals surface area contributed by atoms with Crippen LogP contribution in [-0.2, 0) is 9.68 Å². The molecule has 7 nitrogen and oxygen atoms in total. The molecule has 2 amide bonds. The standard InChI is InChI=1S/C13H26N4O3/c1-19-16(14-11-7-3-4-8-11)13(18)17(20-2)15-12-9-5-6-10-12/h11-12,14-15H,3-10H2,1-2H3. The molecule has 7 heteroatoms. The van der Waals surface area contributed by atoms with Gasteiger partial charge in [-0.25, -0.2) is 15.6 Å². The van der Waals surface area contributed by atoms with Gasteiger partial charge in [0.2, 0.25) is 0 Å². The van der Waals surface area contributed by atoms with E-state index in [2.05, 4.69) is 10.9 Å². The molecule has 0 aromatic heterocycles. The van der Waals surface area contributed by atoms with Crippen molar-refractivity contribution in [1.29, 1.82) is 0 Å². The predicted octanol–water partition coefficient (Wildman–Crippen LogP) is 1.73. The second kappa shape index (κ2) is 7.78. The molecule has 0 aromatic carbocycles. The zero-order chi connectivity index (χ0) is 14.4.